The van der Waals surface area contributed by atoms with Crippen LogP contribution >= 0.6 is 11.6 Å². The van der Waals surface area contributed by atoms with Crippen LogP contribution in [0.5, 0.6) is 11.5 Å². The van der Waals surface area contributed by atoms with Crippen molar-refractivity contribution in [3.63, 3.8) is 0 Å². The van der Waals surface area contributed by atoms with Gasteiger partial charge in [-0.25, -0.2) is 9.40 Å². The Hall–Kier alpha value is -3.05. The van der Waals surface area contributed by atoms with E-state index in [0.29, 0.717) is 17.0 Å². The van der Waals surface area contributed by atoms with Gasteiger partial charge < -0.3 is 9.47 Å². The van der Waals surface area contributed by atoms with E-state index in [1.165, 1.54) is 6.07 Å². The van der Waals surface area contributed by atoms with Gasteiger partial charge in [0.2, 0.25) is 6.23 Å². The Morgan fingerprint density at radius 3 is 2.62 bits per heavy atom. The number of halogens is 2. The van der Waals surface area contributed by atoms with E-state index in [-0.39, 0.29) is 6.04 Å². The predicted molar refractivity (Wildman–Crippen MR) is 110 cm³/mol. The van der Waals surface area contributed by atoms with Crippen LogP contribution in [0.1, 0.15) is 35.4 Å². The zero-order valence-corrected chi connectivity index (χ0v) is 16.4. The van der Waals surface area contributed by atoms with Crippen molar-refractivity contribution in [3.8, 4) is 11.5 Å². The van der Waals surface area contributed by atoms with E-state index >= 15 is 0 Å². The lowest BCUT2D eigenvalue weighted by atomic mass is 9.96. The van der Waals surface area contributed by atoms with E-state index in [1.54, 1.807) is 19.2 Å². The molecule has 0 N–H and O–H groups in total. The molecule has 29 heavy (non-hydrogen) atoms. The van der Waals surface area contributed by atoms with E-state index in [1.807, 2.05) is 53.5 Å². The maximum atomic E-state index is 14.7. The van der Waals surface area contributed by atoms with Crippen molar-refractivity contribution in [2.75, 3.05) is 7.11 Å². The summed E-state index contributed by atoms with van der Waals surface area (Å²) in [6, 6.07) is 20.2. The molecule has 0 fully saturated rings. The average molecular weight is 409 g/mol. The summed E-state index contributed by atoms with van der Waals surface area (Å²) in [5, 5.41) is 6.98. The molecule has 3 aromatic carbocycles. The number of para-hydroxylation sites is 1. The van der Waals surface area contributed by atoms with Crippen LogP contribution in [-0.2, 0) is 0 Å². The van der Waals surface area contributed by atoms with Crippen molar-refractivity contribution in [3.05, 3.63) is 94.3 Å². The van der Waals surface area contributed by atoms with Gasteiger partial charge in [0.25, 0.3) is 0 Å². The number of rotatable bonds is 3. The van der Waals surface area contributed by atoms with Crippen LogP contribution in [0.4, 0.5) is 4.39 Å². The van der Waals surface area contributed by atoms with Crippen molar-refractivity contribution < 1.29 is 13.9 Å². The third kappa shape index (κ3) is 3.02. The van der Waals surface area contributed by atoms with Crippen LogP contribution < -0.4 is 9.47 Å². The van der Waals surface area contributed by atoms with Gasteiger partial charge in [-0.3, -0.25) is 0 Å². The predicted octanol–water partition coefficient (Wildman–Crippen LogP) is 5.73. The highest BCUT2D eigenvalue weighted by atomic mass is 35.5. The first-order valence-electron chi connectivity index (χ1n) is 9.35. The summed E-state index contributed by atoms with van der Waals surface area (Å²) in [7, 11) is 1.64. The molecule has 0 aromatic heterocycles. The average Bonchev–Trinajstić information content (AvgIpc) is 3.19. The maximum absolute atomic E-state index is 14.7. The Labute approximate surface area is 173 Å². The van der Waals surface area contributed by atoms with Crippen molar-refractivity contribution in [1.29, 1.82) is 0 Å². The van der Waals surface area contributed by atoms with E-state index in [4.69, 9.17) is 26.2 Å². The Morgan fingerprint density at radius 1 is 1.07 bits per heavy atom. The fourth-order valence-electron chi connectivity index (χ4n) is 3.93. The SMILES string of the molecule is COc1ccc(C2=NN3[C@@H](c4c(F)cccc4Cl)Oc4ccccc4[C@@H]3C2)cc1. The molecule has 0 aliphatic carbocycles. The molecular formula is C23H18ClFN2O2. The molecule has 2 aliphatic heterocycles. The minimum atomic E-state index is -0.737. The molecule has 0 saturated heterocycles. The lowest BCUT2D eigenvalue weighted by Crippen LogP contribution is -2.34. The first-order valence-corrected chi connectivity index (χ1v) is 9.73. The molecule has 5 rings (SSSR count). The molecule has 0 bridgehead atoms. The molecule has 0 unspecified atom stereocenters. The smallest absolute Gasteiger partial charge is 0.218 e. The number of hydrogen-bond acceptors (Lipinski definition) is 4. The second-order valence-corrected chi connectivity index (χ2v) is 7.43. The molecule has 0 spiro atoms. The van der Waals surface area contributed by atoms with Crippen molar-refractivity contribution in [2.24, 2.45) is 5.10 Å². The summed E-state index contributed by atoms with van der Waals surface area (Å²) in [6.45, 7) is 0. The lowest BCUT2D eigenvalue weighted by molar-refractivity contribution is -0.0211. The zero-order chi connectivity index (χ0) is 20.0. The third-order valence-corrected chi connectivity index (χ3v) is 5.70. The number of ether oxygens (including phenoxy) is 2. The summed E-state index contributed by atoms with van der Waals surface area (Å²) in [4.78, 5) is 0. The van der Waals surface area contributed by atoms with Gasteiger partial charge in [0.15, 0.2) is 0 Å². The molecule has 4 nitrogen and oxygen atoms in total. The second-order valence-electron chi connectivity index (χ2n) is 7.02. The molecule has 0 radical (unpaired) electrons. The first-order chi connectivity index (χ1) is 14.2. The number of methoxy groups -OCH3 is 1. The van der Waals surface area contributed by atoms with Gasteiger partial charge in [0, 0.05) is 12.0 Å². The van der Waals surface area contributed by atoms with Gasteiger partial charge >= 0.3 is 0 Å². The monoisotopic (exact) mass is 408 g/mol. The van der Waals surface area contributed by atoms with Gasteiger partial charge in [-0.2, -0.15) is 5.10 Å². The summed E-state index contributed by atoms with van der Waals surface area (Å²) in [6.07, 6.45) is -0.0470. The number of hydrogen-bond donors (Lipinski definition) is 0. The maximum Gasteiger partial charge on any atom is 0.218 e. The molecule has 6 heteroatoms. The second kappa shape index (κ2) is 7.08. The van der Waals surface area contributed by atoms with Crippen LogP contribution in [0, 0.1) is 5.82 Å². The quantitative estimate of drug-likeness (QED) is 0.555. The highest BCUT2D eigenvalue weighted by molar-refractivity contribution is 6.31. The first kappa shape index (κ1) is 18.0. The number of hydrazone groups is 1. The van der Waals surface area contributed by atoms with Crippen LogP contribution in [0.3, 0.4) is 0 Å². The van der Waals surface area contributed by atoms with Gasteiger partial charge in [0.05, 0.1) is 29.4 Å². The van der Waals surface area contributed by atoms with E-state index in [0.717, 1.165) is 28.3 Å². The number of benzene rings is 3. The third-order valence-electron chi connectivity index (χ3n) is 5.37. The summed E-state index contributed by atoms with van der Waals surface area (Å²) < 4.78 is 26.2. The Morgan fingerprint density at radius 2 is 1.86 bits per heavy atom. The number of fused-ring (bicyclic) bond motifs is 3. The minimum Gasteiger partial charge on any atom is -0.497 e. The van der Waals surface area contributed by atoms with Crippen molar-refractivity contribution in [1.82, 2.24) is 5.01 Å². The number of nitrogens with zero attached hydrogens (tertiary/aromatic N) is 2. The van der Waals surface area contributed by atoms with Gasteiger partial charge in [-0.1, -0.05) is 35.9 Å². The molecule has 2 aliphatic rings. The molecule has 146 valence electrons. The summed E-state index contributed by atoms with van der Waals surface area (Å²) in [5.41, 5.74) is 3.24. The van der Waals surface area contributed by atoms with E-state index in [9.17, 15) is 4.39 Å². The molecule has 0 amide bonds. The van der Waals surface area contributed by atoms with Gasteiger partial charge in [0.1, 0.15) is 17.3 Å². The van der Waals surface area contributed by atoms with Crippen LogP contribution in [0.15, 0.2) is 71.8 Å². The lowest BCUT2D eigenvalue weighted by Gasteiger charge is -2.38. The highest BCUT2D eigenvalue weighted by Crippen LogP contribution is 2.48. The van der Waals surface area contributed by atoms with Crippen molar-refractivity contribution >= 4 is 17.3 Å². The van der Waals surface area contributed by atoms with Gasteiger partial charge in [-0.15, -0.1) is 0 Å². The fourth-order valence-corrected chi connectivity index (χ4v) is 4.19. The molecule has 3 aromatic rings. The molecular weight excluding hydrogens is 391 g/mol. The summed E-state index contributed by atoms with van der Waals surface area (Å²) >= 11 is 6.36. The normalized spacial score (nSPS) is 19.8. The molecule has 0 saturated carbocycles. The molecule has 2 heterocycles. The highest BCUT2D eigenvalue weighted by Gasteiger charge is 2.42. The van der Waals surface area contributed by atoms with E-state index in [2.05, 4.69) is 0 Å². The standard InChI is InChI=1S/C23H18ClFN2O2/c1-28-15-11-9-14(10-12-15)19-13-20-16-5-2-3-8-21(16)29-23(27(20)26-19)22-17(24)6-4-7-18(22)25/h2-12,20,23H,13H2,1H3/t20-,23+/m0/s1. The van der Waals surface area contributed by atoms with Gasteiger partial charge in [-0.05, 0) is 48.0 Å². The largest absolute Gasteiger partial charge is 0.497 e. The topological polar surface area (TPSA) is 34.1 Å². The van der Waals surface area contributed by atoms with Crippen molar-refractivity contribution in [2.45, 2.75) is 18.7 Å². The van der Waals surface area contributed by atoms with Crippen LogP contribution in [0.25, 0.3) is 0 Å². The fraction of sp³-hybridized carbons (Fsp3) is 0.174. The summed E-state index contributed by atoms with van der Waals surface area (Å²) in [5.74, 6) is 1.10. The Kier molecular flexibility index (Phi) is 4.40. The Bertz CT molecular complexity index is 1080. The van der Waals surface area contributed by atoms with Crippen LogP contribution in [0.2, 0.25) is 5.02 Å². The Balaban J connectivity index is 1.60. The minimum absolute atomic E-state index is 0.0577. The molecule has 2 atom stereocenters. The zero-order valence-electron chi connectivity index (χ0n) is 15.7. The van der Waals surface area contributed by atoms with Crippen LogP contribution in [-0.4, -0.2) is 17.8 Å². The van der Waals surface area contributed by atoms with E-state index < -0.39 is 12.0 Å².